The predicted molar refractivity (Wildman–Crippen MR) is 62.1 cm³/mol. The average molecular weight is 227 g/mol. The third-order valence-corrected chi connectivity index (χ3v) is 2.36. The molecule has 90 valence electrons. The maximum Gasteiger partial charge on any atom is 0.159 e. The first-order valence-electron chi connectivity index (χ1n) is 5.47. The summed E-state index contributed by atoms with van der Waals surface area (Å²) in [5.41, 5.74) is 6.86. The van der Waals surface area contributed by atoms with Crippen molar-refractivity contribution in [2.45, 2.75) is 39.7 Å². The standard InChI is InChI=1S/C13H19F2N/c1-13(2,3)8-10(16)6-9-4-5-11(14)12(15)7-9/h4-5,7,10H,6,8,16H2,1-3H3. The van der Waals surface area contributed by atoms with Gasteiger partial charge in [-0.05, 0) is 36.0 Å². The molecule has 0 aliphatic heterocycles. The molecule has 0 aliphatic carbocycles. The van der Waals surface area contributed by atoms with Crippen LogP contribution in [0.4, 0.5) is 8.78 Å². The summed E-state index contributed by atoms with van der Waals surface area (Å²) < 4.78 is 25.7. The highest BCUT2D eigenvalue weighted by atomic mass is 19.2. The van der Waals surface area contributed by atoms with E-state index in [0.29, 0.717) is 6.42 Å². The Labute approximate surface area is 95.7 Å². The van der Waals surface area contributed by atoms with E-state index in [1.807, 2.05) is 0 Å². The molecule has 1 unspecified atom stereocenters. The maximum absolute atomic E-state index is 13.0. The molecule has 0 saturated heterocycles. The number of nitrogens with two attached hydrogens (primary N) is 1. The molecule has 1 aromatic carbocycles. The van der Waals surface area contributed by atoms with Gasteiger partial charge in [0.15, 0.2) is 11.6 Å². The normalized spacial score (nSPS) is 13.9. The maximum atomic E-state index is 13.0. The van der Waals surface area contributed by atoms with Crippen LogP contribution in [0.5, 0.6) is 0 Å². The second kappa shape index (κ2) is 4.91. The van der Waals surface area contributed by atoms with Gasteiger partial charge in [-0.25, -0.2) is 8.78 Å². The number of hydrogen-bond acceptors (Lipinski definition) is 1. The van der Waals surface area contributed by atoms with Crippen LogP contribution in [0.2, 0.25) is 0 Å². The van der Waals surface area contributed by atoms with Crippen LogP contribution in [-0.4, -0.2) is 6.04 Å². The third kappa shape index (κ3) is 4.27. The molecule has 1 rings (SSSR count). The summed E-state index contributed by atoms with van der Waals surface area (Å²) in [6, 6.07) is 3.93. The first-order valence-corrected chi connectivity index (χ1v) is 5.47. The van der Waals surface area contributed by atoms with Crippen LogP contribution in [0.3, 0.4) is 0 Å². The van der Waals surface area contributed by atoms with Gasteiger partial charge in [-0.3, -0.25) is 0 Å². The minimum atomic E-state index is -0.812. The third-order valence-electron chi connectivity index (χ3n) is 2.36. The van der Waals surface area contributed by atoms with Crippen molar-refractivity contribution in [2.24, 2.45) is 11.1 Å². The minimum absolute atomic E-state index is 0.0233. The Hall–Kier alpha value is -0.960. The minimum Gasteiger partial charge on any atom is -0.327 e. The van der Waals surface area contributed by atoms with Crippen molar-refractivity contribution in [1.29, 1.82) is 0 Å². The van der Waals surface area contributed by atoms with Crippen LogP contribution in [-0.2, 0) is 6.42 Å². The summed E-state index contributed by atoms with van der Waals surface area (Å²) in [5, 5.41) is 0. The lowest BCUT2D eigenvalue weighted by atomic mass is 9.86. The molecule has 0 heterocycles. The van der Waals surface area contributed by atoms with E-state index in [0.717, 1.165) is 18.1 Å². The van der Waals surface area contributed by atoms with Gasteiger partial charge in [0.05, 0.1) is 0 Å². The van der Waals surface area contributed by atoms with Gasteiger partial charge in [0.1, 0.15) is 0 Å². The van der Waals surface area contributed by atoms with Crippen molar-refractivity contribution in [3.8, 4) is 0 Å². The van der Waals surface area contributed by atoms with Crippen molar-refractivity contribution in [2.75, 3.05) is 0 Å². The first kappa shape index (κ1) is 13.1. The van der Waals surface area contributed by atoms with Crippen molar-refractivity contribution in [3.63, 3.8) is 0 Å². The quantitative estimate of drug-likeness (QED) is 0.842. The SMILES string of the molecule is CC(C)(C)CC(N)Cc1ccc(F)c(F)c1. The highest BCUT2D eigenvalue weighted by Crippen LogP contribution is 2.21. The summed E-state index contributed by atoms with van der Waals surface area (Å²) in [4.78, 5) is 0. The van der Waals surface area contributed by atoms with Crippen LogP contribution in [0, 0.1) is 17.0 Å². The fourth-order valence-corrected chi connectivity index (χ4v) is 1.83. The van der Waals surface area contributed by atoms with Crippen molar-refractivity contribution >= 4 is 0 Å². The molecule has 0 bridgehead atoms. The number of hydrogen-bond donors (Lipinski definition) is 1. The second-order valence-electron chi connectivity index (χ2n) is 5.48. The van der Waals surface area contributed by atoms with Gasteiger partial charge in [0, 0.05) is 6.04 Å². The van der Waals surface area contributed by atoms with Crippen molar-refractivity contribution in [3.05, 3.63) is 35.4 Å². The lowest BCUT2D eigenvalue weighted by Crippen LogP contribution is -2.28. The molecule has 1 atom stereocenters. The molecule has 1 aromatic rings. The summed E-state index contributed by atoms with van der Waals surface area (Å²) in [7, 11) is 0. The molecular formula is C13H19F2N. The van der Waals surface area contributed by atoms with Crippen LogP contribution >= 0.6 is 0 Å². The van der Waals surface area contributed by atoms with E-state index in [4.69, 9.17) is 5.73 Å². The lowest BCUT2D eigenvalue weighted by molar-refractivity contribution is 0.338. The lowest BCUT2D eigenvalue weighted by Gasteiger charge is -2.23. The number of benzene rings is 1. The van der Waals surface area contributed by atoms with Crippen molar-refractivity contribution < 1.29 is 8.78 Å². The van der Waals surface area contributed by atoms with Crippen LogP contribution in [0.1, 0.15) is 32.8 Å². The fraction of sp³-hybridized carbons (Fsp3) is 0.538. The zero-order valence-corrected chi connectivity index (χ0v) is 10.1. The molecule has 3 heteroatoms. The van der Waals surface area contributed by atoms with Gasteiger partial charge in [0.2, 0.25) is 0 Å². The van der Waals surface area contributed by atoms with Crippen LogP contribution < -0.4 is 5.73 Å². The monoisotopic (exact) mass is 227 g/mol. The van der Waals surface area contributed by atoms with Crippen molar-refractivity contribution in [1.82, 2.24) is 0 Å². The molecule has 2 N–H and O–H groups in total. The first-order chi connectivity index (χ1) is 7.28. The van der Waals surface area contributed by atoms with E-state index in [9.17, 15) is 8.78 Å². The van der Waals surface area contributed by atoms with Crippen LogP contribution in [0.25, 0.3) is 0 Å². The van der Waals surface area contributed by atoms with E-state index in [1.54, 1.807) is 6.07 Å². The van der Waals surface area contributed by atoms with Gasteiger partial charge in [-0.1, -0.05) is 26.8 Å². The van der Waals surface area contributed by atoms with E-state index >= 15 is 0 Å². The van der Waals surface area contributed by atoms with Crippen LogP contribution in [0.15, 0.2) is 18.2 Å². The smallest absolute Gasteiger partial charge is 0.159 e. The van der Waals surface area contributed by atoms with Gasteiger partial charge in [0.25, 0.3) is 0 Å². The highest BCUT2D eigenvalue weighted by Gasteiger charge is 2.16. The summed E-state index contributed by atoms with van der Waals surface area (Å²) in [5.74, 6) is -1.62. The average Bonchev–Trinajstić information content (AvgIpc) is 2.08. The van der Waals surface area contributed by atoms with E-state index in [-0.39, 0.29) is 11.5 Å². The Morgan fingerprint density at radius 3 is 2.31 bits per heavy atom. The molecule has 0 fully saturated rings. The Morgan fingerprint density at radius 1 is 1.19 bits per heavy atom. The molecular weight excluding hydrogens is 208 g/mol. The zero-order valence-electron chi connectivity index (χ0n) is 10.1. The van der Waals surface area contributed by atoms with E-state index in [1.165, 1.54) is 6.07 Å². The Kier molecular flexibility index (Phi) is 4.03. The Balaban J connectivity index is 2.63. The topological polar surface area (TPSA) is 26.0 Å². The van der Waals surface area contributed by atoms with E-state index in [2.05, 4.69) is 20.8 Å². The predicted octanol–water partition coefficient (Wildman–Crippen LogP) is 3.27. The molecule has 0 spiro atoms. The molecule has 0 aliphatic rings. The Morgan fingerprint density at radius 2 is 1.81 bits per heavy atom. The molecule has 0 radical (unpaired) electrons. The van der Waals surface area contributed by atoms with Gasteiger partial charge in [-0.2, -0.15) is 0 Å². The highest BCUT2D eigenvalue weighted by molar-refractivity contribution is 5.18. The largest absolute Gasteiger partial charge is 0.327 e. The molecule has 1 nitrogen and oxygen atoms in total. The summed E-state index contributed by atoms with van der Waals surface area (Å²) in [6.07, 6.45) is 1.43. The van der Waals surface area contributed by atoms with Gasteiger partial charge < -0.3 is 5.73 Å². The summed E-state index contributed by atoms with van der Waals surface area (Å²) in [6.45, 7) is 6.33. The Bertz CT molecular complexity index is 355. The molecule has 0 amide bonds. The zero-order chi connectivity index (χ0) is 12.3. The van der Waals surface area contributed by atoms with Gasteiger partial charge in [-0.15, -0.1) is 0 Å². The van der Waals surface area contributed by atoms with E-state index < -0.39 is 11.6 Å². The summed E-state index contributed by atoms with van der Waals surface area (Å²) >= 11 is 0. The second-order valence-corrected chi connectivity index (χ2v) is 5.48. The number of halogens is 2. The molecule has 16 heavy (non-hydrogen) atoms. The fourth-order valence-electron chi connectivity index (χ4n) is 1.83. The molecule has 0 aromatic heterocycles. The molecule has 0 saturated carbocycles. The number of rotatable bonds is 3. The van der Waals surface area contributed by atoms with Gasteiger partial charge >= 0.3 is 0 Å².